The van der Waals surface area contributed by atoms with Gasteiger partial charge in [-0.2, -0.15) is 0 Å². The van der Waals surface area contributed by atoms with Gasteiger partial charge in [-0.15, -0.1) is 0 Å². The summed E-state index contributed by atoms with van der Waals surface area (Å²) < 4.78 is 5.65. The molecule has 90 valence electrons. The molecule has 0 bridgehead atoms. The second kappa shape index (κ2) is 5.32. The van der Waals surface area contributed by atoms with E-state index >= 15 is 0 Å². The smallest absolute Gasteiger partial charge is 0.122 e. The Kier molecular flexibility index (Phi) is 4.33. The number of aryl methyl sites for hydroxylation is 1. The third kappa shape index (κ3) is 3.22. The van der Waals surface area contributed by atoms with Crippen molar-refractivity contribution in [1.29, 1.82) is 0 Å². The molecule has 1 rings (SSSR count). The molecule has 0 radical (unpaired) electrons. The van der Waals surface area contributed by atoms with Gasteiger partial charge in [0.25, 0.3) is 0 Å². The molecule has 3 nitrogen and oxygen atoms in total. The van der Waals surface area contributed by atoms with E-state index in [1.807, 2.05) is 39.0 Å². The minimum Gasteiger partial charge on any atom is -0.488 e. The summed E-state index contributed by atoms with van der Waals surface area (Å²) in [5.74, 6) is 0.804. The molecule has 0 saturated heterocycles. The molecule has 1 aromatic carbocycles. The molecule has 2 unspecified atom stereocenters. The van der Waals surface area contributed by atoms with Crippen LogP contribution >= 0.6 is 0 Å². The van der Waals surface area contributed by atoms with Crippen molar-refractivity contribution in [3.8, 4) is 5.75 Å². The van der Waals surface area contributed by atoms with E-state index in [0.717, 1.165) is 16.9 Å². The normalized spacial score (nSPS) is 16.6. The Hall–Kier alpha value is -1.06. The van der Waals surface area contributed by atoms with Gasteiger partial charge in [0.05, 0.1) is 6.10 Å². The Bertz CT molecular complexity index is 348. The first-order chi connectivity index (χ1) is 7.41. The zero-order chi connectivity index (χ0) is 12.3. The first kappa shape index (κ1) is 13.0. The molecule has 0 saturated carbocycles. The van der Waals surface area contributed by atoms with Crippen molar-refractivity contribution in [3.05, 3.63) is 29.3 Å². The lowest BCUT2D eigenvalue weighted by atomic mass is 10.1. The van der Waals surface area contributed by atoms with Crippen LogP contribution in [-0.4, -0.2) is 17.3 Å². The summed E-state index contributed by atoms with van der Waals surface area (Å²) in [6.07, 6.45) is -0.688. The number of aliphatic hydroxyl groups is 1. The van der Waals surface area contributed by atoms with Crippen molar-refractivity contribution in [2.24, 2.45) is 5.73 Å². The first-order valence-corrected chi connectivity index (χ1v) is 5.62. The Labute approximate surface area is 97.2 Å². The Balaban J connectivity index is 2.83. The molecule has 0 amide bonds. The molecule has 3 heteroatoms. The molecule has 0 fully saturated rings. The van der Waals surface area contributed by atoms with Gasteiger partial charge in [0.2, 0.25) is 0 Å². The highest BCUT2D eigenvalue weighted by Gasteiger charge is 2.12. The van der Waals surface area contributed by atoms with Gasteiger partial charge in [-0.05, 0) is 44.9 Å². The summed E-state index contributed by atoms with van der Waals surface area (Å²) in [6.45, 7) is 7.50. The van der Waals surface area contributed by atoms with Crippen LogP contribution in [0.4, 0.5) is 0 Å². The van der Waals surface area contributed by atoms with Crippen molar-refractivity contribution in [2.75, 3.05) is 0 Å². The second-order valence-corrected chi connectivity index (χ2v) is 4.38. The fraction of sp³-hybridized carbons (Fsp3) is 0.538. The maximum absolute atomic E-state index is 9.37. The van der Waals surface area contributed by atoms with Gasteiger partial charge in [0.15, 0.2) is 0 Å². The Morgan fingerprint density at radius 2 is 1.88 bits per heavy atom. The van der Waals surface area contributed by atoms with Crippen molar-refractivity contribution in [1.82, 2.24) is 0 Å². The number of nitrogens with two attached hydrogens (primary N) is 1. The lowest BCUT2D eigenvalue weighted by Crippen LogP contribution is -2.25. The monoisotopic (exact) mass is 223 g/mol. The van der Waals surface area contributed by atoms with E-state index in [4.69, 9.17) is 10.5 Å². The predicted octanol–water partition coefficient (Wildman–Crippen LogP) is 2.16. The number of hydrogen-bond donors (Lipinski definition) is 2. The van der Waals surface area contributed by atoms with E-state index in [9.17, 15) is 5.11 Å². The number of ether oxygens (including phenoxy) is 1. The van der Waals surface area contributed by atoms with Crippen LogP contribution in [0, 0.1) is 6.92 Å². The van der Waals surface area contributed by atoms with Crippen molar-refractivity contribution >= 4 is 0 Å². The minimum atomic E-state index is -0.479. The van der Waals surface area contributed by atoms with E-state index in [2.05, 4.69) is 0 Å². The van der Waals surface area contributed by atoms with Gasteiger partial charge in [0.1, 0.15) is 11.9 Å². The fourth-order valence-corrected chi connectivity index (χ4v) is 1.39. The molecule has 0 aliphatic carbocycles. The lowest BCUT2D eigenvalue weighted by molar-refractivity contribution is 0.0600. The van der Waals surface area contributed by atoms with E-state index < -0.39 is 6.10 Å². The standard InChI is InChI=1S/C13H21NO2/c1-8-7-12(9(2)14)5-6-13(8)16-11(4)10(3)15/h5-7,9-11,15H,14H2,1-4H3/t9-,10?,11?/m0/s1. The van der Waals surface area contributed by atoms with Crippen LogP contribution in [0.5, 0.6) is 5.75 Å². The van der Waals surface area contributed by atoms with Crippen LogP contribution in [0.25, 0.3) is 0 Å². The largest absolute Gasteiger partial charge is 0.488 e. The summed E-state index contributed by atoms with van der Waals surface area (Å²) >= 11 is 0. The van der Waals surface area contributed by atoms with E-state index in [1.165, 1.54) is 0 Å². The van der Waals surface area contributed by atoms with Gasteiger partial charge in [0, 0.05) is 6.04 Å². The number of benzene rings is 1. The van der Waals surface area contributed by atoms with Crippen LogP contribution in [0.3, 0.4) is 0 Å². The molecule has 16 heavy (non-hydrogen) atoms. The van der Waals surface area contributed by atoms with Gasteiger partial charge < -0.3 is 15.6 Å². The molecule has 0 aromatic heterocycles. The summed E-state index contributed by atoms with van der Waals surface area (Å²) in [6, 6.07) is 5.92. The predicted molar refractivity (Wildman–Crippen MR) is 65.6 cm³/mol. The number of rotatable bonds is 4. The fourth-order valence-electron chi connectivity index (χ4n) is 1.39. The molecule has 1 aromatic rings. The quantitative estimate of drug-likeness (QED) is 0.822. The van der Waals surface area contributed by atoms with Crippen LogP contribution < -0.4 is 10.5 Å². The van der Waals surface area contributed by atoms with Crippen LogP contribution in [0.15, 0.2) is 18.2 Å². The highest BCUT2D eigenvalue weighted by atomic mass is 16.5. The number of aliphatic hydroxyl groups excluding tert-OH is 1. The van der Waals surface area contributed by atoms with Crippen LogP contribution in [-0.2, 0) is 0 Å². The third-order valence-corrected chi connectivity index (χ3v) is 2.72. The number of hydrogen-bond acceptors (Lipinski definition) is 3. The van der Waals surface area contributed by atoms with Crippen LogP contribution in [0.1, 0.15) is 37.9 Å². The highest BCUT2D eigenvalue weighted by Crippen LogP contribution is 2.23. The summed E-state index contributed by atoms with van der Waals surface area (Å²) in [5.41, 5.74) is 7.94. The first-order valence-electron chi connectivity index (χ1n) is 5.62. The molecule has 0 aliphatic rings. The zero-order valence-corrected chi connectivity index (χ0v) is 10.4. The molecule has 3 atom stereocenters. The third-order valence-electron chi connectivity index (χ3n) is 2.72. The molecule has 0 spiro atoms. The molecule has 3 N–H and O–H groups in total. The van der Waals surface area contributed by atoms with Gasteiger partial charge in [-0.3, -0.25) is 0 Å². The lowest BCUT2D eigenvalue weighted by Gasteiger charge is -2.19. The Morgan fingerprint density at radius 1 is 1.25 bits per heavy atom. The maximum Gasteiger partial charge on any atom is 0.122 e. The molecular formula is C13H21NO2. The van der Waals surface area contributed by atoms with Crippen molar-refractivity contribution < 1.29 is 9.84 Å². The van der Waals surface area contributed by atoms with Gasteiger partial charge >= 0.3 is 0 Å². The summed E-state index contributed by atoms with van der Waals surface area (Å²) in [7, 11) is 0. The molecule has 0 aliphatic heterocycles. The molecule has 0 heterocycles. The second-order valence-electron chi connectivity index (χ2n) is 4.38. The van der Waals surface area contributed by atoms with E-state index in [-0.39, 0.29) is 12.1 Å². The summed E-state index contributed by atoms with van der Waals surface area (Å²) in [5, 5.41) is 9.37. The maximum atomic E-state index is 9.37. The van der Waals surface area contributed by atoms with E-state index in [1.54, 1.807) is 6.92 Å². The SMILES string of the molecule is Cc1cc([C@H](C)N)ccc1OC(C)C(C)O. The van der Waals surface area contributed by atoms with Crippen molar-refractivity contribution in [3.63, 3.8) is 0 Å². The Morgan fingerprint density at radius 3 is 2.31 bits per heavy atom. The zero-order valence-electron chi connectivity index (χ0n) is 10.4. The van der Waals surface area contributed by atoms with E-state index in [0.29, 0.717) is 0 Å². The van der Waals surface area contributed by atoms with Gasteiger partial charge in [-0.25, -0.2) is 0 Å². The molecular weight excluding hydrogens is 202 g/mol. The van der Waals surface area contributed by atoms with Crippen molar-refractivity contribution in [2.45, 2.75) is 45.9 Å². The van der Waals surface area contributed by atoms with Gasteiger partial charge in [-0.1, -0.05) is 12.1 Å². The summed E-state index contributed by atoms with van der Waals surface area (Å²) in [4.78, 5) is 0. The topological polar surface area (TPSA) is 55.5 Å². The minimum absolute atomic E-state index is 0.0296. The average Bonchev–Trinajstić information content (AvgIpc) is 2.20. The highest BCUT2D eigenvalue weighted by molar-refractivity contribution is 5.37. The van der Waals surface area contributed by atoms with Crippen LogP contribution in [0.2, 0.25) is 0 Å². The average molecular weight is 223 g/mol.